The molecule has 0 saturated carbocycles. The van der Waals surface area contributed by atoms with Crippen molar-refractivity contribution in [2.75, 3.05) is 7.11 Å². The lowest BCUT2D eigenvalue weighted by atomic mass is 9.98. The molecule has 1 N–H and O–H groups in total. The fourth-order valence-electron chi connectivity index (χ4n) is 1.23. The van der Waals surface area contributed by atoms with E-state index in [1.165, 1.54) is 0 Å². The number of carbonyl (C=O) groups excluding carboxylic acids is 1. The van der Waals surface area contributed by atoms with Crippen molar-refractivity contribution in [1.29, 1.82) is 0 Å². The molecule has 1 aromatic carbocycles. The highest BCUT2D eigenvalue weighted by atomic mass is 16.5. The van der Waals surface area contributed by atoms with Crippen molar-refractivity contribution in [1.82, 2.24) is 0 Å². The van der Waals surface area contributed by atoms with E-state index >= 15 is 0 Å². The lowest BCUT2D eigenvalue weighted by Crippen LogP contribution is -2.25. The Kier molecular flexibility index (Phi) is 3.86. The van der Waals surface area contributed by atoms with Gasteiger partial charge in [-0.1, -0.05) is 13.8 Å². The van der Waals surface area contributed by atoms with Crippen LogP contribution < -0.4 is 4.74 Å². The summed E-state index contributed by atoms with van der Waals surface area (Å²) in [4.78, 5) is 11.7. The molecule has 15 heavy (non-hydrogen) atoms. The highest BCUT2D eigenvalue weighted by Gasteiger charge is 2.20. The molecule has 0 aromatic heterocycles. The standard InChI is InChI=1S/C12H16O3/c1-8(2)11(13)12(14)9-4-6-10(15-3)7-5-9/h4-8,11,13H,1-3H3. The number of ketones is 1. The van der Waals surface area contributed by atoms with Gasteiger partial charge < -0.3 is 9.84 Å². The summed E-state index contributed by atoms with van der Waals surface area (Å²) in [5.74, 6) is 0.387. The van der Waals surface area contributed by atoms with Gasteiger partial charge in [-0.3, -0.25) is 4.79 Å². The fraction of sp³-hybridized carbons (Fsp3) is 0.417. The summed E-state index contributed by atoms with van der Waals surface area (Å²) >= 11 is 0. The first-order valence-corrected chi connectivity index (χ1v) is 4.92. The van der Waals surface area contributed by atoms with Crippen LogP contribution in [-0.4, -0.2) is 24.1 Å². The number of methoxy groups -OCH3 is 1. The van der Waals surface area contributed by atoms with Crippen molar-refractivity contribution < 1.29 is 14.6 Å². The number of rotatable bonds is 4. The molecule has 0 spiro atoms. The normalized spacial score (nSPS) is 12.6. The third-order valence-corrected chi connectivity index (χ3v) is 2.27. The summed E-state index contributed by atoms with van der Waals surface area (Å²) in [6.45, 7) is 3.62. The van der Waals surface area contributed by atoms with Gasteiger partial charge in [0, 0.05) is 5.56 Å². The monoisotopic (exact) mass is 208 g/mol. The molecule has 1 unspecified atom stereocenters. The first-order valence-electron chi connectivity index (χ1n) is 4.92. The van der Waals surface area contributed by atoms with E-state index in [2.05, 4.69) is 0 Å². The largest absolute Gasteiger partial charge is 0.497 e. The second-order valence-corrected chi connectivity index (χ2v) is 3.78. The fourth-order valence-corrected chi connectivity index (χ4v) is 1.23. The Morgan fingerprint density at radius 2 is 1.80 bits per heavy atom. The Morgan fingerprint density at radius 1 is 1.27 bits per heavy atom. The van der Waals surface area contributed by atoms with E-state index in [-0.39, 0.29) is 11.7 Å². The number of hydrogen-bond acceptors (Lipinski definition) is 3. The first-order chi connectivity index (χ1) is 7.06. The van der Waals surface area contributed by atoms with Gasteiger partial charge in [-0.25, -0.2) is 0 Å². The third-order valence-electron chi connectivity index (χ3n) is 2.27. The summed E-state index contributed by atoms with van der Waals surface area (Å²) in [5, 5.41) is 9.59. The molecule has 0 fully saturated rings. The number of benzene rings is 1. The molecule has 0 heterocycles. The SMILES string of the molecule is COc1ccc(C(=O)C(O)C(C)C)cc1. The Bertz CT molecular complexity index is 327. The average molecular weight is 208 g/mol. The highest BCUT2D eigenvalue weighted by molar-refractivity contribution is 5.99. The molecule has 82 valence electrons. The van der Waals surface area contributed by atoms with E-state index < -0.39 is 6.10 Å². The molecule has 1 atom stereocenters. The van der Waals surface area contributed by atoms with E-state index in [4.69, 9.17) is 4.74 Å². The Balaban J connectivity index is 2.83. The molecule has 0 aliphatic heterocycles. The molecule has 0 radical (unpaired) electrons. The van der Waals surface area contributed by atoms with Crippen molar-refractivity contribution in [3.8, 4) is 5.75 Å². The minimum atomic E-state index is -0.932. The van der Waals surface area contributed by atoms with Crippen LogP contribution in [0.1, 0.15) is 24.2 Å². The van der Waals surface area contributed by atoms with Gasteiger partial charge in [0.2, 0.25) is 0 Å². The van der Waals surface area contributed by atoms with E-state index in [1.54, 1.807) is 31.4 Å². The predicted molar refractivity (Wildman–Crippen MR) is 58.2 cm³/mol. The zero-order chi connectivity index (χ0) is 11.4. The third kappa shape index (κ3) is 2.80. The summed E-state index contributed by atoms with van der Waals surface area (Å²) in [6.07, 6.45) is -0.932. The summed E-state index contributed by atoms with van der Waals surface area (Å²) in [6, 6.07) is 6.74. The maximum Gasteiger partial charge on any atom is 0.191 e. The molecule has 0 aliphatic carbocycles. The van der Waals surface area contributed by atoms with Crippen LogP contribution in [0.5, 0.6) is 5.75 Å². The zero-order valence-corrected chi connectivity index (χ0v) is 9.23. The maximum atomic E-state index is 11.7. The molecule has 1 aromatic rings. The topological polar surface area (TPSA) is 46.5 Å². The minimum Gasteiger partial charge on any atom is -0.497 e. The number of aliphatic hydroxyl groups excluding tert-OH is 1. The van der Waals surface area contributed by atoms with E-state index in [0.717, 1.165) is 0 Å². The average Bonchev–Trinajstić information content (AvgIpc) is 2.27. The van der Waals surface area contributed by atoms with Crippen LogP contribution in [-0.2, 0) is 0 Å². The van der Waals surface area contributed by atoms with Crippen molar-refractivity contribution in [2.45, 2.75) is 20.0 Å². The van der Waals surface area contributed by atoms with Crippen molar-refractivity contribution in [2.24, 2.45) is 5.92 Å². The molecule has 0 saturated heterocycles. The van der Waals surface area contributed by atoms with Crippen LogP contribution in [0.4, 0.5) is 0 Å². The maximum absolute atomic E-state index is 11.7. The molecule has 3 heteroatoms. The lowest BCUT2D eigenvalue weighted by Gasteiger charge is -2.13. The van der Waals surface area contributed by atoms with Crippen molar-refractivity contribution in [3.63, 3.8) is 0 Å². The van der Waals surface area contributed by atoms with E-state index in [9.17, 15) is 9.90 Å². The van der Waals surface area contributed by atoms with Gasteiger partial charge in [-0.15, -0.1) is 0 Å². The quantitative estimate of drug-likeness (QED) is 0.769. The molecule has 0 amide bonds. The van der Waals surface area contributed by atoms with Crippen LogP contribution in [0.25, 0.3) is 0 Å². The van der Waals surface area contributed by atoms with E-state index in [0.29, 0.717) is 11.3 Å². The molecule has 0 bridgehead atoms. The summed E-state index contributed by atoms with van der Waals surface area (Å²) in [5.41, 5.74) is 0.511. The van der Waals surface area contributed by atoms with Crippen LogP contribution in [0, 0.1) is 5.92 Å². The van der Waals surface area contributed by atoms with Gasteiger partial charge >= 0.3 is 0 Å². The van der Waals surface area contributed by atoms with Gasteiger partial charge in [0.05, 0.1) is 7.11 Å². The molecule has 0 aliphatic rings. The number of hydrogen-bond donors (Lipinski definition) is 1. The number of aliphatic hydroxyl groups is 1. The molecule has 3 nitrogen and oxygen atoms in total. The van der Waals surface area contributed by atoms with Gasteiger partial charge in [-0.2, -0.15) is 0 Å². The van der Waals surface area contributed by atoms with Gasteiger partial charge in [0.25, 0.3) is 0 Å². The van der Waals surface area contributed by atoms with Crippen LogP contribution in [0.3, 0.4) is 0 Å². The van der Waals surface area contributed by atoms with Crippen molar-refractivity contribution in [3.05, 3.63) is 29.8 Å². The Morgan fingerprint density at radius 3 is 2.20 bits per heavy atom. The van der Waals surface area contributed by atoms with Crippen LogP contribution in [0.2, 0.25) is 0 Å². The highest BCUT2D eigenvalue weighted by Crippen LogP contribution is 2.15. The second-order valence-electron chi connectivity index (χ2n) is 3.78. The zero-order valence-electron chi connectivity index (χ0n) is 9.23. The Hall–Kier alpha value is -1.35. The van der Waals surface area contributed by atoms with Crippen molar-refractivity contribution >= 4 is 5.78 Å². The second kappa shape index (κ2) is 4.94. The number of carbonyl (C=O) groups is 1. The lowest BCUT2D eigenvalue weighted by molar-refractivity contribution is 0.0648. The van der Waals surface area contributed by atoms with Gasteiger partial charge in [-0.05, 0) is 30.2 Å². The van der Waals surface area contributed by atoms with Crippen LogP contribution >= 0.6 is 0 Å². The smallest absolute Gasteiger partial charge is 0.191 e. The molecule has 1 rings (SSSR count). The van der Waals surface area contributed by atoms with Crippen LogP contribution in [0.15, 0.2) is 24.3 Å². The summed E-state index contributed by atoms with van der Waals surface area (Å²) < 4.78 is 4.98. The summed E-state index contributed by atoms with van der Waals surface area (Å²) in [7, 11) is 1.57. The number of Topliss-reactive ketones (excluding diaryl/α,β-unsaturated/α-hetero) is 1. The van der Waals surface area contributed by atoms with Gasteiger partial charge in [0.1, 0.15) is 11.9 Å². The molecular weight excluding hydrogens is 192 g/mol. The molecular formula is C12H16O3. The Labute approximate surface area is 89.7 Å². The number of ether oxygens (including phenoxy) is 1. The predicted octanol–water partition coefficient (Wildman–Crippen LogP) is 1.89. The first kappa shape index (κ1) is 11.7. The van der Waals surface area contributed by atoms with E-state index in [1.807, 2.05) is 13.8 Å². The van der Waals surface area contributed by atoms with Gasteiger partial charge in [0.15, 0.2) is 5.78 Å². The minimum absolute atomic E-state index is 0.0698.